The first-order valence-corrected chi connectivity index (χ1v) is 8.69. The van der Waals surface area contributed by atoms with Crippen molar-refractivity contribution in [2.45, 2.75) is 26.1 Å². The molecule has 0 bridgehead atoms. The molecule has 0 saturated heterocycles. The Morgan fingerprint density at radius 1 is 0.889 bits per heavy atom. The normalized spacial score (nSPS) is 10.8. The number of furan rings is 3. The number of carbonyl (C=O) groups is 1. The van der Waals surface area contributed by atoms with E-state index < -0.39 is 0 Å². The molecule has 1 amide bonds. The molecule has 0 aliphatic carbocycles. The summed E-state index contributed by atoms with van der Waals surface area (Å²) in [5.41, 5.74) is 0. The summed E-state index contributed by atoms with van der Waals surface area (Å²) in [6.07, 6.45) is 5.06. The number of rotatable bonds is 10. The van der Waals surface area contributed by atoms with Gasteiger partial charge in [-0.05, 0) is 36.4 Å². The summed E-state index contributed by atoms with van der Waals surface area (Å²) < 4.78 is 16.2. The summed E-state index contributed by atoms with van der Waals surface area (Å²) in [5.74, 6) is 2.14. The third-order valence-corrected chi connectivity index (χ3v) is 4.05. The Morgan fingerprint density at radius 3 is 1.85 bits per heavy atom. The molecule has 3 heterocycles. The van der Waals surface area contributed by atoms with Crippen LogP contribution in [0.2, 0.25) is 0 Å². The molecule has 0 aliphatic rings. The number of amides is 1. The van der Waals surface area contributed by atoms with E-state index >= 15 is 0 Å². The van der Waals surface area contributed by atoms with E-state index in [0.29, 0.717) is 31.9 Å². The van der Waals surface area contributed by atoms with Crippen molar-refractivity contribution in [2.24, 2.45) is 0 Å². The fourth-order valence-electron chi connectivity index (χ4n) is 2.77. The maximum Gasteiger partial charge on any atom is 0.237 e. The molecule has 0 atom stereocenters. The minimum absolute atomic E-state index is 0.0836. The molecule has 7 heteroatoms. The van der Waals surface area contributed by atoms with Gasteiger partial charge in [0.15, 0.2) is 0 Å². The smallest absolute Gasteiger partial charge is 0.237 e. The lowest BCUT2D eigenvalue weighted by Crippen LogP contribution is -2.40. The van der Waals surface area contributed by atoms with Gasteiger partial charge in [0.25, 0.3) is 0 Å². The number of carbonyl (C=O) groups excluding carboxylic acids is 1. The second-order valence-electron chi connectivity index (χ2n) is 6.11. The van der Waals surface area contributed by atoms with E-state index in [4.69, 9.17) is 18.5 Å². The topological polar surface area (TPSA) is 86.8 Å². The van der Waals surface area contributed by atoms with Gasteiger partial charge in [-0.1, -0.05) is 0 Å². The average Bonchev–Trinajstić information content (AvgIpc) is 3.42. The summed E-state index contributed by atoms with van der Waals surface area (Å²) in [6.45, 7) is 1.82. The van der Waals surface area contributed by atoms with Crippen molar-refractivity contribution in [3.63, 3.8) is 0 Å². The number of hydrogen-bond donors (Lipinski definition) is 0. The van der Waals surface area contributed by atoms with Crippen LogP contribution in [-0.4, -0.2) is 28.8 Å². The van der Waals surface area contributed by atoms with Gasteiger partial charge in [-0.3, -0.25) is 9.69 Å². The van der Waals surface area contributed by atoms with Crippen LogP contribution < -0.4 is 0 Å². The van der Waals surface area contributed by atoms with Crippen molar-refractivity contribution < 1.29 is 18.0 Å². The van der Waals surface area contributed by atoms with E-state index in [0.717, 1.165) is 11.5 Å². The fraction of sp³-hybridized carbons (Fsp3) is 0.300. The van der Waals surface area contributed by atoms with Crippen LogP contribution in [0, 0.1) is 11.3 Å². The maximum absolute atomic E-state index is 12.9. The van der Waals surface area contributed by atoms with Crippen molar-refractivity contribution in [2.75, 3.05) is 13.1 Å². The lowest BCUT2D eigenvalue weighted by molar-refractivity contribution is -0.133. The van der Waals surface area contributed by atoms with Crippen LogP contribution in [0.5, 0.6) is 0 Å². The molecule has 3 rings (SSSR count). The third kappa shape index (κ3) is 5.62. The van der Waals surface area contributed by atoms with Crippen molar-refractivity contribution in [3.8, 4) is 6.07 Å². The molecule has 3 aromatic heterocycles. The van der Waals surface area contributed by atoms with E-state index in [1.807, 2.05) is 35.2 Å². The number of nitrogens with zero attached hydrogens (tertiary/aromatic N) is 3. The van der Waals surface area contributed by atoms with Gasteiger partial charge in [-0.25, -0.2) is 0 Å². The molecule has 0 aliphatic heterocycles. The van der Waals surface area contributed by atoms with Crippen LogP contribution in [0.1, 0.15) is 23.7 Å². The van der Waals surface area contributed by atoms with Crippen LogP contribution >= 0.6 is 0 Å². The number of hydrogen-bond acceptors (Lipinski definition) is 6. The summed E-state index contributed by atoms with van der Waals surface area (Å²) in [7, 11) is 0. The Labute approximate surface area is 157 Å². The highest BCUT2D eigenvalue weighted by atomic mass is 16.3. The molecule has 0 radical (unpaired) electrons. The Hall–Kier alpha value is -3.24. The molecule has 27 heavy (non-hydrogen) atoms. The predicted molar refractivity (Wildman–Crippen MR) is 95.9 cm³/mol. The second kappa shape index (κ2) is 9.46. The largest absolute Gasteiger partial charge is 0.468 e. The highest BCUT2D eigenvalue weighted by Crippen LogP contribution is 2.13. The minimum Gasteiger partial charge on any atom is -0.468 e. The van der Waals surface area contributed by atoms with E-state index in [1.54, 1.807) is 29.8 Å². The van der Waals surface area contributed by atoms with Crippen molar-refractivity contribution >= 4 is 5.91 Å². The molecule has 3 aromatic rings. The molecule has 0 saturated carbocycles. The van der Waals surface area contributed by atoms with Crippen LogP contribution in [-0.2, 0) is 24.4 Å². The van der Waals surface area contributed by atoms with Crippen molar-refractivity contribution in [3.05, 3.63) is 72.5 Å². The summed E-state index contributed by atoms with van der Waals surface area (Å²) in [5, 5.41) is 8.90. The first kappa shape index (κ1) is 18.5. The quantitative estimate of drug-likeness (QED) is 0.546. The van der Waals surface area contributed by atoms with Gasteiger partial charge in [0.2, 0.25) is 5.91 Å². The molecule has 0 spiro atoms. The Balaban J connectivity index is 1.68. The minimum atomic E-state index is -0.0836. The average molecular weight is 367 g/mol. The second-order valence-corrected chi connectivity index (χ2v) is 6.11. The van der Waals surface area contributed by atoms with E-state index in [9.17, 15) is 4.79 Å². The molecule has 7 nitrogen and oxygen atoms in total. The Kier molecular flexibility index (Phi) is 6.50. The molecule has 140 valence electrons. The first-order chi connectivity index (χ1) is 13.2. The van der Waals surface area contributed by atoms with Gasteiger partial charge in [0, 0.05) is 6.54 Å². The zero-order valence-electron chi connectivity index (χ0n) is 14.9. The molecular formula is C20H21N3O4. The molecular weight excluding hydrogens is 346 g/mol. The SMILES string of the molecule is N#CCCN(Cc1ccco1)C(=O)CN(Cc1ccco1)Cc1ccco1. The summed E-state index contributed by atoms with van der Waals surface area (Å²) in [6, 6.07) is 13.1. The Morgan fingerprint density at radius 2 is 1.41 bits per heavy atom. The monoisotopic (exact) mass is 367 g/mol. The third-order valence-electron chi connectivity index (χ3n) is 4.05. The predicted octanol–water partition coefficient (Wildman–Crippen LogP) is 3.41. The van der Waals surface area contributed by atoms with Gasteiger partial charge in [0.1, 0.15) is 17.3 Å². The molecule has 0 unspecified atom stereocenters. The summed E-state index contributed by atoms with van der Waals surface area (Å²) in [4.78, 5) is 16.5. The van der Waals surface area contributed by atoms with Crippen LogP contribution in [0.25, 0.3) is 0 Å². The van der Waals surface area contributed by atoms with Crippen LogP contribution in [0.15, 0.2) is 68.4 Å². The van der Waals surface area contributed by atoms with Gasteiger partial charge >= 0.3 is 0 Å². The van der Waals surface area contributed by atoms with E-state index in [2.05, 4.69) is 6.07 Å². The van der Waals surface area contributed by atoms with Gasteiger partial charge in [0.05, 0.1) is 57.5 Å². The van der Waals surface area contributed by atoms with Crippen molar-refractivity contribution in [1.82, 2.24) is 9.80 Å². The Bertz CT molecular complexity index is 796. The molecule has 0 fully saturated rings. The van der Waals surface area contributed by atoms with Gasteiger partial charge in [-0.2, -0.15) is 5.26 Å². The fourth-order valence-corrected chi connectivity index (χ4v) is 2.77. The summed E-state index contributed by atoms with van der Waals surface area (Å²) >= 11 is 0. The molecule has 0 aromatic carbocycles. The zero-order chi connectivity index (χ0) is 18.9. The van der Waals surface area contributed by atoms with E-state index in [1.165, 1.54) is 0 Å². The standard InChI is InChI=1S/C20H21N3O4/c21-8-4-9-23(15-19-7-3-12-27-19)20(24)16-22(13-17-5-1-10-25-17)14-18-6-2-11-26-18/h1-3,5-7,10-12H,4,9,13-16H2. The highest BCUT2D eigenvalue weighted by molar-refractivity contribution is 5.78. The lowest BCUT2D eigenvalue weighted by atomic mass is 10.3. The first-order valence-electron chi connectivity index (χ1n) is 8.69. The van der Waals surface area contributed by atoms with Crippen molar-refractivity contribution in [1.29, 1.82) is 5.26 Å². The zero-order valence-corrected chi connectivity index (χ0v) is 14.9. The van der Waals surface area contributed by atoms with E-state index in [-0.39, 0.29) is 18.9 Å². The maximum atomic E-state index is 12.9. The molecule has 0 N–H and O–H groups in total. The van der Waals surface area contributed by atoms with Gasteiger partial charge < -0.3 is 18.2 Å². The van der Waals surface area contributed by atoms with Crippen LogP contribution in [0.4, 0.5) is 0 Å². The van der Waals surface area contributed by atoms with Crippen LogP contribution in [0.3, 0.4) is 0 Å². The van der Waals surface area contributed by atoms with Gasteiger partial charge in [-0.15, -0.1) is 0 Å². The lowest BCUT2D eigenvalue weighted by Gasteiger charge is -2.25. The highest BCUT2D eigenvalue weighted by Gasteiger charge is 2.20. The number of nitriles is 1.